The number of nitrogens with zero attached hydrogens (tertiary/aromatic N) is 4. The number of hydrogen-bond acceptors (Lipinski definition) is 9. The fourth-order valence-electron chi connectivity index (χ4n) is 5.99. The maximum atomic E-state index is 14.3. The molecule has 4 N–H and O–H groups in total. The Balaban J connectivity index is 1.12. The summed E-state index contributed by atoms with van der Waals surface area (Å²) in [5, 5.41) is 9.75. The van der Waals surface area contributed by atoms with Crippen LogP contribution in [0.5, 0.6) is 0 Å². The standard InChI is InChI=1S/C39H48F3N7O5/c1-28-6-9-34(24-36(28)46-38(51)30-5-3-4-29(22-30)33-25-44-47(2)26-33)45-37(50)31-7-8-32(35(23-31)39(40,41)42)27-49-13-11-48(12-14-49)15-17-53-19-21-54-20-18-52-16-10-43/h3-9,22-26H,10-21,27,43H2,1-2H3,(H,45,50)(H,46,51). The molecule has 5 rings (SSSR count). The summed E-state index contributed by atoms with van der Waals surface area (Å²) < 4.78 is 60.9. The SMILES string of the molecule is Cc1ccc(NC(=O)c2ccc(CN3CCN(CCOCCOCCOCCN)CC3)c(C(F)(F)F)c2)cc1NC(=O)c1cccc(-c2cnn(C)c2)c1. The Bertz CT molecular complexity index is 1840. The Morgan fingerprint density at radius 2 is 1.46 bits per heavy atom. The van der Waals surface area contributed by atoms with Crippen LogP contribution < -0.4 is 16.4 Å². The number of benzene rings is 3. The molecule has 290 valence electrons. The monoisotopic (exact) mass is 751 g/mol. The largest absolute Gasteiger partial charge is 0.416 e. The zero-order valence-electron chi connectivity index (χ0n) is 30.7. The van der Waals surface area contributed by atoms with Crippen molar-refractivity contribution in [1.82, 2.24) is 19.6 Å². The molecule has 0 atom stereocenters. The van der Waals surface area contributed by atoms with E-state index in [1.165, 1.54) is 12.1 Å². The van der Waals surface area contributed by atoms with Crippen LogP contribution in [-0.2, 0) is 34.0 Å². The number of nitrogens with two attached hydrogens (primary N) is 1. The van der Waals surface area contributed by atoms with Gasteiger partial charge in [-0.25, -0.2) is 0 Å². The molecule has 0 aliphatic carbocycles. The summed E-state index contributed by atoms with van der Waals surface area (Å²) in [6.07, 6.45) is -1.09. The highest BCUT2D eigenvalue weighted by atomic mass is 19.4. The molecule has 4 aromatic rings. The van der Waals surface area contributed by atoms with Crippen LogP contribution in [0.15, 0.2) is 73.1 Å². The molecule has 1 saturated heterocycles. The average molecular weight is 752 g/mol. The molecule has 15 heteroatoms. The Kier molecular flexibility index (Phi) is 14.7. The first kappa shape index (κ1) is 40.5. The summed E-state index contributed by atoms with van der Waals surface area (Å²) in [4.78, 5) is 30.6. The Hall–Kier alpha value is -4.64. The van der Waals surface area contributed by atoms with Crippen LogP contribution in [0.25, 0.3) is 11.1 Å². The molecule has 1 aliphatic heterocycles. The molecule has 54 heavy (non-hydrogen) atoms. The molecule has 12 nitrogen and oxygen atoms in total. The van der Waals surface area contributed by atoms with Crippen LogP contribution in [0, 0.1) is 6.92 Å². The van der Waals surface area contributed by atoms with Crippen molar-refractivity contribution in [2.45, 2.75) is 19.6 Å². The van der Waals surface area contributed by atoms with Gasteiger partial charge in [0.25, 0.3) is 11.8 Å². The van der Waals surface area contributed by atoms with Gasteiger partial charge < -0.3 is 30.6 Å². The molecule has 0 saturated carbocycles. The van der Waals surface area contributed by atoms with E-state index in [1.54, 1.807) is 54.2 Å². The first-order valence-electron chi connectivity index (χ1n) is 17.9. The third-order valence-corrected chi connectivity index (χ3v) is 9.00. The zero-order chi connectivity index (χ0) is 38.5. The number of aromatic nitrogens is 2. The van der Waals surface area contributed by atoms with Crippen molar-refractivity contribution in [3.63, 3.8) is 0 Å². The molecule has 0 unspecified atom stereocenters. The first-order chi connectivity index (χ1) is 26.0. The summed E-state index contributed by atoms with van der Waals surface area (Å²) in [6, 6.07) is 15.7. The summed E-state index contributed by atoms with van der Waals surface area (Å²) in [6.45, 7) is 8.71. The lowest BCUT2D eigenvalue weighted by atomic mass is 10.0. The topological polar surface area (TPSA) is 136 Å². The fourth-order valence-corrected chi connectivity index (χ4v) is 5.99. The van der Waals surface area contributed by atoms with Crippen LogP contribution >= 0.6 is 0 Å². The van der Waals surface area contributed by atoms with Gasteiger partial charge in [-0.15, -0.1) is 0 Å². The highest BCUT2D eigenvalue weighted by Crippen LogP contribution is 2.34. The Morgan fingerprint density at radius 1 is 0.796 bits per heavy atom. The second-order valence-corrected chi connectivity index (χ2v) is 13.0. The Morgan fingerprint density at radius 3 is 2.15 bits per heavy atom. The van der Waals surface area contributed by atoms with E-state index in [1.807, 2.05) is 24.2 Å². The van der Waals surface area contributed by atoms with E-state index < -0.39 is 17.6 Å². The van der Waals surface area contributed by atoms with Gasteiger partial charge in [-0.1, -0.05) is 24.3 Å². The average Bonchev–Trinajstić information content (AvgIpc) is 3.60. The molecular weight excluding hydrogens is 703 g/mol. The predicted molar refractivity (Wildman–Crippen MR) is 200 cm³/mol. The first-order valence-corrected chi connectivity index (χ1v) is 17.9. The number of aryl methyl sites for hydroxylation is 2. The summed E-state index contributed by atoms with van der Waals surface area (Å²) in [5.41, 5.74) is 8.15. The van der Waals surface area contributed by atoms with Gasteiger partial charge in [0.15, 0.2) is 0 Å². The van der Waals surface area contributed by atoms with Gasteiger partial charge in [-0.05, 0) is 60.0 Å². The number of rotatable bonds is 18. The highest BCUT2D eigenvalue weighted by molar-refractivity contribution is 6.07. The number of piperazine rings is 1. The third-order valence-electron chi connectivity index (χ3n) is 9.00. The Labute approximate surface area is 313 Å². The third kappa shape index (κ3) is 11.9. The number of hydrogen-bond donors (Lipinski definition) is 3. The lowest BCUT2D eigenvalue weighted by Crippen LogP contribution is -2.47. The van der Waals surface area contributed by atoms with Crippen LogP contribution in [0.3, 0.4) is 0 Å². The normalized spacial score (nSPS) is 14.0. The van der Waals surface area contributed by atoms with Gasteiger partial charge in [0.05, 0.1) is 51.4 Å². The number of anilines is 2. The van der Waals surface area contributed by atoms with Crippen molar-refractivity contribution in [3.05, 3.63) is 101 Å². The van der Waals surface area contributed by atoms with Gasteiger partial charge in [0, 0.05) is 87.1 Å². The minimum atomic E-state index is -4.65. The van der Waals surface area contributed by atoms with Crippen molar-refractivity contribution in [3.8, 4) is 11.1 Å². The number of alkyl halides is 3. The number of carbonyl (C=O) groups is 2. The minimum absolute atomic E-state index is 0.109. The maximum absolute atomic E-state index is 14.3. The van der Waals surface area contributed by atoms with E-state index in [4.69, 9.17) is 19.9 Å². The molecule has 3 aromatic carbocycles. The minimum Gasteiger partial charge on any atom is -0.378 e. The molecule has 0 radical (unpaired) electrons. The van der Waals surface area contributed by atoms with E-state index in [-0.39, 0.29) is 23.6 Å². The van der Waals surface area contributed by atoms with E-state index in [2.05, 4.69) is 20.6 Å². The molecule has 2 heterocycles. The molecule has 1 fully saturated rings. The molecule has 0 spiro atoms. The maximum Gasteiger partial charge on any atom is 0.416 e. The number of ether oxygens (including phenoxy) is 3. The zero-order valence-corrected chi connectivity index (χ0v) is 30.7. The van der Waals surface area contributed by atoms with E-state index in [0.717, 1.165) is 29.3 Å². The summed E-state index contributed by atoms with van der Waals surface area (Å²) in [7, 11) is 1.81. The number of nitrogens with one attached hydrogen (secondary N) is 2. The molecule has 0 bridgehead atoms. The summed E-state index contributed by atoms with van der Waals surface area (Å²) >= 11 is 0. The number of amides is 2. The van der Waals surface area contributed by atoms with Gasteiger partial charge in [-0.2, -0.15) is 18.3 Å². The van der Waals surface area contributed by atoms with Crippen molar-refractivity contribution in [2.24, 2.45) is 12.8 Å². The van der Waals surface area contributed by atoms with Crippen molar-refractivity contribution < 1.29 is 37.0 Å². The smallest absolute Gasteiger partial charge is 0.378 e. The number of carbonyl (C=O) groups excluding carboxylic acids is 2. The summed E-state index contributed by atoms with van der Waals surface area (Å²) in [5.74, 6) is -1.05. The van der Waals surface area contributed by atoms with E-state index in [0.29, 0.717) is 89.3 Å². The van der Waals surface area contributed by atoms with Crippen LogP contribution in [-0.4, -0.2) is 110 Å². The van der Waals surface area contributed by atoms with E-state index in [9.17, 15) is 22.8 Å². The fraction of sp³-hybridized carbons (Fsp3) is 0.410. The van der Waals surface area contributed by atoms with Gasteiger partial charge in [0.1, 0.15) is 0 Å². The molecular formula is C39H48F3N7O5. The number of halogens is 3. The van der Waals surface area contributed by atoms with Crippen molar-refractivity contribution >= 4 is 23.2 Å². The lowest BCUT2D eigenvalue weighted by Gasteiger charge is -2.35. The lowest BCUT2D eigenvalue weighted by molar-refractivity contribution is -0.138. The van der Waals surface area contributed by atoms with Crippen LogP contribution in [0.4, 0.5) is 24.5 Å². The van der Waals surface area contributed by atoms with Crippen molar-refractivity contribution in [2.75, 3.05) is 89.5 Å². The van der Waals surface area contributed by atoms with Gasteiger partial charge >= 0.3 is 6.18 Å². The molecule has 1 aliphatic rings. The quantitative estimate of drug-likeness (QED) is 0.120. The molecule has 1 aromatic heterocycles. The molecule has 2 amide bonds. The second kappa shape index (κ2) is 19.6. The van der Waals surface area contributed by atoms with E-state index >= 15 is 0 Å². The predicted octanol–water partition coefficient (Wildman–Crippen LogP) is 5.05. The second-order valence-electron chi connectivity index (χ2n) is 13.0. The van der Waals surface area contributed by atoms with Crippen LogP contribution in [0.1, 0.15) is 37.4 Å². The van der Waals surface area contributed by atoms with Crippen LogP contribution in [0.2, 0.25) is 0 Å². The van der Waals surface area contributed by atoms with Gasteiger partial charge in [0.2, 0.25) is 0 Å². The van der Waals surface area contributed by atoms with Crippen molar-refractivity contribution in [1.29, 1.82) is 0 Å². The van der Waals surface area contributed by atoms with Gasteiger partial charge in [-0.3, -0.25) is 24.1 Å². The highest BCUT2D eigenvalue weighted by Gasteiger charge is 2.35.